The minimum absolute atomic E-state index is 0.127. The monoisotopic (exact) mass is 391 g/mol. The molecular formula is C18H13F4N5O. The molecule has 0 fully saturated rings. The van der Waals surface area contributed by atoms with Gasteiger partial charge in [-0.05, 0) is 29.8 Å². The molecule has 2 heterocycles. The van der Waals surface area contributed by atoms with E-state index in [1.807, 2.05) is 6.20 Å². The fraction of sp³-hybridized carbons (Fsp3) is 0.111. The molecule has 10 heteroatoms. The average Bonchev–Trinajstić information content (AvgIpc) is 3.33. The van der Waals surface area contributed by atoms with Gasteiger partial charge in [0.1, 0.15) is 5.82 Å². The van der Waals surface area contributed by atoms with Crippen LogP contribution < -0.4 is 11.0 Å². The van der Waals surface area contributed by atoms with Crippen molar-refractivity contribution in [3.05, 3.63) is 77.6 Å². The molecule has 2 N–H and O–H groups in total. The summed E-state index contributed by atoms with van der Waals surface area (Å²) in [5, 5.41) is 5.14. The first-order valence-electron chi connectivity index (χ1n) is 8.15. The number of nitrogens with zero attached hydrogens (tertiary/aromatic N) is 3. The number of hydrazine groups is 2. The Hall–Kier alpha value is -3.40. The first-order chi connectivity index (χ1) is 13.4. The summed E-state index contributed by atoms with van der Waals surface area (Å²) < 4.78 is 54.9. The van der Waals surface area contributed by atoms with Gasteiger partial charge in [-0.3, -0.25) is 5.01 Å². The van der Waals surface area contributed by atoms with Crippen LogP contribution in [0.15, 0.2) is 59.3 Å². The van der Waals surface area contributed by atoms with Crippen molar-refractivity contribution >= 4 is 5.70 Å². The van der Waals surface area contributed by atoms with Crippen LogP contribution in [0.4, 0.5) is 17.6 Å². The second-order valence-electron chi connectivity index (χ2n) is 6.03. The van der Waals surface area contributed by atoms with Crippen molar-refractivity contribution in [2.75, 3.05) is 0 Å². The minimum atomic E-state index is -4.67. The number of hydrogen-bond donors (Lipinski definition) is 2. The lowest BCUT2D eigenvalue weighted by atomic mass is 10.1. The Morgan fingerprint density at radius 2 is 1.64 bits per heavy atom. The lowest BCUT2D eigenvalue weighted by Crippen LogP contribution is -2.35. The van der Waals surface area contributed by atoms with Crippen molar-refractivity contribution < 1.29 is 22.1 Å². The molecule has 0 aliphatic carbocycles. The van der Waals surface area contributed by atoms with E-state index in [1.165, 1.54) is 12.1 Å². The van der Waals surface area contributed by atoms with Gasteiger partial charge in [0.25, 0.3) is 0 Å². The molecule has 1 aliphatic heterocycles. The summed E-state index contributed by atoms with van der Waals surface area (Å²) in [6, 6.07) is 12.8. The molecule has 0 radical (unpaired) electrons. The van der Waals surface area contributed by atoms with E-state index < -0.39 is 12.1 Å². The lowest BCUT2D eigenvalue weighted by molar-refractivity contribution is -0.159. The van der Waals surface area contributed by atoms with E-state index in [1.54, 1.807) is 41.4 Å². The summed E-state index contributed by atoms with van der Waals surface area (Å²) in [6.07, 6.45) is -2.84. The maximum atomic E-state index is 13.0. The molecule has 1 aromatic heterocycles. The molecule has 1 aliphatic rings. The highest BCUT2D eigenvalue weighted by Gasteiger charge is 2.38. The number of alkyl halides is 3. The zero-order chi connectivity index (χ0) is 19.7. The predicted molar refractivity (Wildman–Crippen MR) is 90.9 cm³/mol. The molecule has 0 amide bonds. The number of nitrogens with one attached hydrogen (secondary N) is 2. The normalized spacial score (nSPS) is 14.1. The summed E-state index contributed by atoms with van der Waals surface area (Å²) in [6.45, 7) is 0.484. The molecule has 144 valence electrons. The van der Waals surface area contributed by atoms with Crippen molar-refractivity contribution in [1.82, 2.24) is 26.1 Å². The molecule has 28 heavy (non-hydrogen) atoms. The maximum absolute atomic E-state index is 13.0. The first kappa shape index (κ1) is 18.0. The van der Waals surface area contributed by atoms with Crippen molar-refractivity contribution in [3.8, 4) is 11.4 Å². The number of aromatic nitrogens is 2. The number of halogens is 4. The summed E-state index contributed by atoms with van der Waals surface area (Å²) in [7, 11) is 0. The van der Waals surface area contributed by atoms with Gasteiger partial charge in [-0.15, -0.1) is 5.53 Å². The predicted octanol–water partition coefficient (Wildman–Crippen LogP) is 3.72. The number of hydrogen-bond acceptors (Lipinski definition) is 6. The fourth-order valence-electron chi connectivity index (χ4n) is 2.63. The smallest absolute Gasteiger partial charge is 0.329 e. The number of rotatable bonds is 4. The molecule has 0 spiro atoms. The molecule has 0 saturated heterocycles. The van der Waals surface area contributed by atoms with Crippen LogP contribution in [-0.2, 0) is 12.7 Å². The molecule has 3 aromatic rings. The Morgan fingerprint density at radius 3 is 2.29 bits per heavy atom. The Balaban J connectivity index is 1.44. The van der Waals surface area contributed by atoms with Crippen LogP contribution in [-0.4, -0.2) is 15.1 Å². The minimum Gasteiger partial charge on any atom is -0.329 e. The van der Waals surface area contributed by atoms with Gasteiger partial charge in [0.2, 0.25) is 5.82 Å². The summed E-state index contributed by atoms with van der Waals surface area (Å²) in [5.41, 5.74) is 8.88. The topological polar surface area (TPSA) is 66.2 Å². The second-order valence-corrected chi connectivity index (χ2v) is 6.03. The third-order valence-electron chi connectivity index (χ3n) is 4.01. The standard InChI is InChI=1S/C18H13F4N5O/c19-14-7-5-12(6-8-14)15-10-27(26-24-15)9-11-1-3-13(4-2-11)16-23-17(28-25-16)18(20,21)22/h1-8,10,24,26H,9H2. The summed E-state index contributed by atoms with van der Waals surface area (Å²) in [4.78, 5) is 3.36. The highest BCUT2D eigenvalue weighted by molar-refractivity contribution is 5.64. The largest absolute Gasteiger partial charge is 0.471 e. The maximum Gasteiger partial charge on any atom is 0.471 e. The van der Waals surface area contributed by atoms with E-state index in [0.29, 0.717) is 12.1 Å². The van der Waals surface area contributed by atoms with Crippen LogP contribution in [0.2, 0.25) is 0 Å². The third-order valence-corrected chi connectivity index (χ3v) is 4.01. The Labute approximate surface area is 156 Å². The Bertz CT molecular complexity index is 996. The zero-order valence-electron chi connectivity index (χ0n) is 14.2. The van der Waals surface area contributed by atoms with Gasteiger partial charge in [0.05, 0.1) is 12.2 Å². The first-order valence-corrected chi connectivity index (χ1v) is 8.15. The molecular weight excluding hydrogens is 378 g/mol. The van der Waals surface area contributed by atoms with E-state index in [2.05, 4.69) is 25.6 Å². The van der Waals surface area contributed by atoms with Gasteiger partial charge in [-0.2, -0.15) is 18.2 Å². The van der Waals surface area contributed by atoms with E-state index in [9.17, 15) is 17.6 Å². The van der Waals surface area contributed by atoms with Crippen molar-refractivity contribution in [2.45, 2.75) is 12.7 Å². The van der Waals surface area contributed by atoms with E-state index >= 15 is 0 Å². The molecule has 0 atom stereocenters. The fourth-order valence-corrected chi connectivity index (χ4v) is 2.63. The summed E-state index contributed by atoms with van der Waals surface area (Å²) >= 11 is 0. The van der Waals surface area contributed by atoms with Gasteiger partial charge >= 0.3 is 12.1 Å². The Kier molecular flexibility index (Phi) is 4.47. The SMILES string of the molecule is Fc1ccc(C2=CN(Cc3ccc(-c4noc(C(F)(F)F)n4)cc3)NN2)cc1. The van der Waals surface area contributed by atoms with Crippen LogP contribution in [0.5, 0.6) is 0 Å². The van der Waals surface area contributed by atoms with Crippen molar-refractivity contribution in [2.24, 2.45) is 0 Å². The van der Waals surface area contributed by atoms with Gasteiger partial charge in [-0.25, -0.2) is 4.39 Å². The molecule has 6 nitrogen and oxygen atoms in total. The average molecular weight is 391 g/mol. The van der Waals surface area contributed by atoms with Crippen LogP contribution >= 0.6 is 0 Å². The third kappa shape index (κ3) is 3.81. The van der Waals surface area contributed by atoms with Gasteiger partial charge in [0, 0.05) is 17.3 Å². The zero-order valence-corrected chi connectivity index (χ0v) is 14.2. The van der Waals surface area contributed by atoms with Crippen LogP contribution in [0, 0.1) is 5.82 Å². The Morgan fingerprint density at radius 1 is 0.964 bits per heavy atom. The lowest BCUT2D eigenvalue weighted by Gasteiger charge is -2.15. The summed E-state index contributed by atoms with van der Waals surface area (Å²) in [5.74, 6) is -1.81. The van der Waals surface area contributed by atoms with Crippen molar-refractivity contribution in [3.63, 3.8) is 0 Å². The van der Waals surface area contributed by atoms with Gasteiger partial charge in [-0.1, -0.05) is 29.4 Å². The van der Waals surface area contributed by atoms with Crippen molar-refractivity contribution in [1.29, 1.82) is 0 Å². The van der Waals surface area contributed by atoms with Gasteiger partial charge < -0.3 is 9.95 Å². The highest BCUT2D eigenvalue weighted by Crippen LogP contribution is 2.29. The van der Waals surface area contributed by atoms with E-state index in [4.69, 9.17) is 0 Å². The molecule has 2 aromatic carbocycles. The highest BCUT2D eigenvalue weighted by atomic mass is 19.4. The van der Waals surface area contributed by atoms with E-state index in [0.717, 1.165) is 16.8 Å². The quantitative estimate of drug-likeness (QED) is 0.661. The molecule has 0 unspecified atom stereocenters. The molecule has 0 bridgehead atoms. The molecule has 4 rings (SSSR count). The number of benzene rings is 2. The van der Waals surface area contributed by atoms with E-state index in [-0.39, 0.29) is 11.6 Å². The van der Waals surface area contributed by atoms with Crippen LogP contribution in [0.1, 0.15) is 17.0 Å². The van der Waals surface area contributed by atoms with Crippen LogP contribution in [0.25, 0.3) is 17.1 Å². The van der Waals surface area contributed by atoms with Crippen LogP contribution in [0.3, 0.4) is 0 Å². The van der Waals surface area contributed by atoms with Gasteiger partial charge in [0.15, 0.2) is 0 Å². The second kappa shape index (κ2) is 6.97. The molecule has 0 saturated carbocycles.